The van der Waals surface area contributed by atoms with Crippen LogP contribution in [0.25, 0.3) is 0 Å². The van der Waals surface area contributed by atoms with Crippen molar-refractivity contribution in [2.75, 3.05) is 39.3 Å². The maximum absolute atomic E-state index is 10.4. The van der Waals surface area contributed by atoms with Crippen molar-refractivity contribution in [1.82, 2.24) is 9.80 Å². The highest BCUT2D eigenvalue weighted by atomic mass is 16.5. The van der Waals surface area contributed by atoms with E-state index in [2.05, 4.69) is 47.9 Å². The van der Waals surface area contributed by atoms with Gasteiger partial charge in [-0.3, -0.25) is 9.80 Å². The van der Waals surface area contributed by atoms with Gasteiger partial charge in [-0.1, -0.05) is 24.3 Å². The smallest absolute Gasteiger partial charge is 0.0900 e. The summed E-state index contributed by atoms with van der Waals surface area (Å²) in [7, 11) is 0. The van der Waals surface area contributed by atoms with Crippen molar-refractivity contribution in [2.24, 2.45) is 0 Å². The third kappa shape index (κ3) is 4.57. The van der Waals surface area contributed by atoms with Crippen LogP contribution in [0.3, 0.4) is 0 Å². The molecule has 2 unspecified atom stereocenters. The average Bonchev–Trinajstić information content (AvgIpc) is 2.60. The van der Waals surface area contributed by atoms with Crippen LogP contribution in [0.2, 0.25) is 0 Å². The summed E-state index contributed by atoms with van der Waals surface area (Å²) in [6, 6.07) is 9.19. The van der Waals surface area contributed by atoms with Gasteiger partial charge in [0.1, 0.15) is 0 Å². The molecule has 1 saturated heterocycles. The zero-order valence-electron chi connectivity index (χ0n) is 15.2. The van der Waals surface area contributed by atoms with Crippen molar-refractivity contribution in [3.63, 3.8) is 0 Å². The molecule has 1 aliphatic carbocycles. The Morgan fingerprint density at radius 3 is 2.67 bits per heavy atom. The number of hydrogen-bond acceptors (Lipinski definition) is 4. The van der Waals surface area contributed by atoms with Crippen molar-refractivity contribution < 1.29 is 9.84 Å². The molecule has 1 fully saturated rings. The second-order valence-electron chi connectivity index (χ2n) is 7.50. The molecule has 0 spiro atoms. The number of aliphatic hydroxyl groups is 1. The number of ether oxygens (including phenoxy) is 1. The third-order valence-electron chi connectivity index (χ3n) is 5.41. The lowest BCUT2D eigenvalue weighted by Gasteiger charge is -2.37. The summed E-state index contributed by atoms with van der Waals surface area (Å²) in [6.45, 7) is 9.94. The Labute approximate surface area is 146 Å². The summed E-state index contributed by atoms with van der Waals surface area (Å²) in [5, 5.41) is 10.4. The zero-order chi connectivity index (χ0) is 16.9. The first kappa shape index (κ1) is 17.9. The number of β-amino-alcohol motifs (C(OH)–C–C–N with tert-alkyl or cyclic N) is 1. The lowest BCUT2D eigenvalue weighted by Crippen LogP contribution is -2.50. The normalized spacial score (nSPS) is 24.1. The SMILES string of the molecule is CC(C)N1CCN(CC(O)COC2CCCc3ccccc32)CC1. The second-order valence-corrected chi connectivity index (χ2v) is 7.50. The van der Waals surface area contributed by atoms with Crippen LogP contribution in [0.15, 0.2) is 24.3 Å². The minimum atomic E-state index is -0.398. The van der Waals surface area contributed by atoms with Gasteiger partial charge in [0.2, 0.25) is 0 Å². The largest absolute Gasteiger partial charge is 0.389 e. The first-order chi connectivity index (χ1) is 11.6. The van der Waals surface area contributed by atoms with Crippen molar-refractivity contribution >= 4 is 0 Å². The fourth-order valence-corrected chi connectivity index (χ4v) is 3.92. The highest BCUT2D eigenvalue weighted by molar-refractivity contribution is 5.31. The molecular formula is C20H32N2O2. The van der Waals surface area contributed by atoms with Gasteiger partial charge < -0.3 is 9.84 Å². The van der Waals surface area contributed by atoms with Crippen LogP contribution in [0.4, 0.5) is 0 Å². The Bertz CT molecular complexity index is 512. The van der Waals surface area contributed by atoms with Crippen LogP contribution >= 0.6 is 0 Å². The van der Waals surface area contributed by atoms with E-state index in [0.29, 0.717) is 12.6 Å². The number of aliphatic hydroxyl groups excluding tert-OH is 1. The molecule has 1 aliphatic heterocycles. The van der Waals surface area contributed by atoms with E-state index in [0.717, 1.165) is 45.6 Å². The molecule has 1 N–H and O–H groups in total. The van der Waals surface area contributed by atoms with Crippen LogP contribution in [-0.2, 0) is 11.2 Å². The minimum Gasteiger partial charge on any atom is -0.389 e. The molecule has 4 heteroatoms. The van der Waals surface area contributed by atoms with Crippen molar-refractivity contribution in [3.8, 4) is 0 Å². The first-order valence-corrected chi connectivity index (χ1v) is 9.47. The summed E-state index contributed by atoms with van der Waals surface area (Å²) in [4.78, 5) is 4.86. The molecule has 1 aromatic rings. The van der Waals surface area contributed by atoms with E-state index < -0.39 is 6.10 Å². The number of rotatable bonds is 6. The summed E-state index contributed by atoms with van der Waals surface area (Å²) < 4.78 is 6.09. The molecule has 24 heavy (non-hydrogen) atoms. The maximum atomic E-state index is 10.4. The molecule has 0 radical (unpaired) electrons. The molecule has 4 nitrogen and oxygen atoms in total. The number of fused-ring (bicyclic) bond motifs is 1. The Balaban J connectivity index is 1.43. The van der Waals surface area contributed by atoms with Gasteiger partial charge in [-0.15, -0.1) is 0 Å². The van der Waals surface area contributed by atoms with Gasteiger partial charge in [0, 0.05) is 38.8 Å². The monoisotopic (exact) mass is 332 g/mol. The standard InChI is InChI=1S/C20H32N2O2/c1-16(2)22-12-10-21(11-13-22)14-18(23)15-24-20-9-5-7-17-6-3-4-8-19(17)20/h3-4,6,8,16,18,20,23H,5,7,9-15H2,1-2H3. The van der Waals surface area contributed by atoms with Crippen LogP contribution in [-0.4, -0.2) is 66.4 Å². The molecular weight excluding hydrogens is 300 g/mol. The second kappa shape index (κ2) is 8.43. The maximum Gasteiger partial charge on any atom is 0.0900 e. The highest BCUT2D eigenvalue weighted by Crippen LogP contribution is 2.32. The fourth-order valence-electron chi connectivity index (χ4n) is 3.92. The number of nitrogens with zero attached hydrogens (tertiary/aromatic N) is 2. The van der Waals surface area contributed by atoms with E-state index in [1.807, 2.05) is 0 Å². The van der Waals surface area contributed by atoms with Gasteiger partial charge in [0.25, 0.3) is 0 Å². The van der Waals surface area contributed by atoms with E-state index in [1.165, 1.54) is 17.5 Å². The molecule has 1 heterocycles. The van der Waals surface area contributed by atoms with Crippen molar-refractivity contribution in [3.05, 3.63) is 35.4 Å². The number of piperazine rings is 1. The van der Waals surface area contributed by atoms with Crippen LogP contribution in [0.5, 0.6) is 0 Å². The minimum absolute atomic E-state index is 0.155. The summed E-state index contributed by atoms with van der Waals surface area (Å²) in [5.41, 5.74) is 2.73. The Kier molecular flexibility index (Phi) is 6.28. The average molecular weight is 332 g/mol. The molecule has 2 aliphatic rings. The van der Waals surface area contributed by atoms with E-state index in [1.54, 1.807) is 0 Å². The lowest BCUT2D eigenvalue weighted by molar-refractivity contribution is -0.0331. The van der Waals surface area contributed by atoms with E-state index >= 15 is 0 Å². The quantitative estimate of drug-likeness (QED) is 0.868. The number of aryl methyl sites for hydroxylation is 1. The molecule has 0 aromatic heterocycles. The summed E-state index contributed by atoms with van der Waals surface area (Å²) in [6.07, 6.45) is 3.15. The predicted octanol–water partition coefficient (Wildman–Crippen LogP) is 2.47. The third-order valence-corrected chi connectivity index (χ3v) is 5.41. The Hall–Kier alpha value is -0.940. The summed E-state index contributed by atoms with van der Waals surface area (Å²) in [5.74, 6) is 0. The summed E-state index contributed by atoms with van der Waals surface area (Å²) >= 11 is 0. The first-order valence-electron chi connectivity index (χ1n) is 9.47. The molecule has 0 amide bonds. The molecule has 2 atom stereocenters. The zero-order valence-corrected chi connectivity index (χ0v) is 15.2. The van der Waals surface area contributed by atoms with E-state index in [-0.39, 0.29) is 6.10 Å². The number of hydrogen-bond donors (Lipinski definition) is 1. The molecule has 0 saturated carbocycles. The van der Waals surface area contributed by atoms with Gasteiger partial charge in [0.15, 0.2) is 0 Å². The van der Waals surface area contributed by atoms with Gasteiger partial charge in [-0.05, 0) is 44.2 Å². The highest BCUT2D eigenvalue weighted by Gasteiger charge is 2.23. The van der Waals surface area contributed by atoms with E-state index in [9.17, 15) is 5.11 Å². The Morgan fingerprint density at radius 2 is 1.92 bits per heavy atom. The van der Waals surface area contributed by atoms with Gasteiger partial charge in [0.05, 0.1) is 18.8 Å². The van der Waals surface area contributed by atoms with Crippen molar-refractivity contribution in [1.29, 1.82) is 0 Å². The lowest BCUT2D eigenvalue weighted by atomic mass is 9.89. The van der Waals surface area contributed by atoms with Crippen molar-refractivity contribution in [2.45, 2.75) is 51.4 Å². The fraction of sp³-hybridized carbons (Fsp3) is 0.700. The van der Waals surface area contributed by atoms with Gasteiger partial charge in [-0.25, -0.2) is 0 Å². The molecule has 134 valence electrons. The molecule has 0 bridgehead atoms. The van der Waals surface area contributed by atoms with Gasteiger partial charge in [-0.2, -0.15) is 0 Å². The topological polar surface area (TPSA) is 35.9 Å². The molecule has 3 rings (SSSR count). The van der Waals surface area contributed by atoms with Crippen LogP contribution < -0.4 is 0 Å². The number of benzene rings is 1. The van der Waals surface area contributed by atoms with Crippen LogP contribution in [0, 0.1) is 0 Å². The Morgan fingerprint density at radius 1 is 1.17 bits per heavy atom. The predicted molar refractivity (Wildman–Crippen MR) is 97.2 cm³/mol. The van der Waals surface area contributed by atoms with E-state index in [4.69, 9.17) is 4.74 Å². The van der Waals surface area contributed by atoms with Crippen LogP contribution in [0.1, 0.15) is 43.9 Å². The van der Waals surface area contributed by atoms with Gasteiger partial charge >= 0.3 is 0 Å². The molecule has 1 aromatic carbocycles.